The molecule has 5 heteroatoms. The van der Waals surface area contributed by atoms with E-state index in [-0.39, 0.29) is 0 Å². The molecule has 16 heavy (non-hydrogen) atoms. The van der Waals surface area contributed by atoms with E-state index in [1.165, 1.54) is 0 Å². The highest BCUT2D eigenvalue weighted by atomic mass is 35.5. The van der Waals surface area contributed by atoms with E-state index in [1.54, 1.807) is 16.8 Å². The topological polar surface area (TPSA) is 54.5 Å². The maximum atomic E-state index is 8.87. The molecule has 2 aromatic rings. The summed E-state index contributed by atoms with van der Waals surface area (Å²) in [5, 5.41) is 17.3. The van der Waals surface area contributed by atoms with E-state index in [9.17, 15) is 0 Å². The van der Waals surface area contributed by atoms with E-state index in [4.69, 9.17) is 16.9 Å². The third-order valence-corrected chi connectivity index (χ3v) is 2.49. The van der Waals surface area contributed by atoms with Gasteiger partial charge in [0.25, 0.3) is 0 Å². The molecule has 0 aliphatic heterocycles. The fourth-order valence-corrected chi connectivity index (χ4v) is 1.71. The van der Waals surface area contributed by atoms with Gasteiger partial charge >= 0.3 is 0 Å². The molecule has 2 rings (SSSR count). The minimum atomic E-state index is 0.363. The maximum absolute atomic E-state index is 8.87. The Balaban J connectivity index is 2.57. The van der Waals surface area contributed by atoms with E-state index in [0.29, 0.717) is 17.1 Å². The molecule has 80 valence electrons. The lowest BCUT2D eigenvalue weighted by atomic mass is 10.2. The van der Waals surface area contributed by atoms with Gasteiger partial charge in [0.2, 0.25) is 0 Å². The first kappa shape index (κ1) is 10.7. The van der Waals surface area contributed by atoms with Crippen molar-refractivity contribution in [2.24, 2.45) is 0 Å². The van der Waals surface area contributed by atoms with Gasteiger partial charge < -0.3 is 0 Å². The Kier molecular flexibility index (Phi) is 2.88. The van der Waals surface area contributed by atoms with Crippen LogP contribution in [0.25, 0.3) is 5.69 Å². The van der Waals surface area contributed by atoms with Gasteiger partial charge in [-0.25, -0.2) is 4.68 Å². The summed E-state index contributed by atoms with van der Waals surface area (Å²) >= 11 is 5.90. The van der Waals surface area contributed by atoms with Crippen LogP contribution >= 0.6 is 11.6 Å². The van der Waals surface area contributed by atoms with Crippen LogP contribution in [0.15, 0.2) is 24.3 Å². The molecule has 0 radical (unpaired) electrons. The third kappa shape index (κ3) is 1.77. The molecule has 0 bridgehead atoms. The molecule has 0 atom stereocenters. The van der Waals surface area contributed by atoms with Crippen molar-refractivity contribution < 1.29 is 0 Å². The first-order valence-electron chi connectivity index (χ1n) is 4.87. The van der Waals surface area contributed by atoms with Crippen molar-refractivity contribution in [1.29, 1.82) is 5.26 Å². The summed E-state index contributed by atoms with van der Waals surface area (Å²) in [6, 6.07) is 9.32. The molecule has 1 aromatic carbocycles. The van der Waals surface area contributed by atoms with Crippen LogP contribution in [0.4, 0.5) is 0 Å². The van der Waals surface area contributed by atoms with Crippen molar-refractivity contribution in [2.45, 2.75) is 13.3 Å². The van der Waals surface area contributed by atoms with Crippen LogP contribution in [-0.4, -0.2) is 15.0 Å². The summed E-state index contributed by atoms with van der Waals surface area (Å²) in [5.74, 6) is 0. The van der Waals surface area contributed by atoms with Crippen LogP contribution in [0.3, 0.4) is 0 Å². The molecule has 1 heterocycles. The molecule has 0 saturated heterocycles. The lowest BCUT2D eigenvalue weighted by Gasteiger charge is -2.04. The number of hydrogen-bond donors (Lipinski definition) is 0. The fraction of sp³-hybridized carbons (Fsp3) is 0.182. The van der Waals surface area contributed by atoms with Crippen LogP contribution in [0.2, 0.25) is 5.02 Å². The van der Waals surface area contributed by atoms with Gasteiger partial charge in [-0.15, -0.1) is 5.10 Å². The lowest BCUT2D eigenvalue weighted by Crippen LogP contribution is -2.01. The van der Waals surface area contributed by atoms with Gasteiger partial charge in [0.15, 0.2) is 5.69 Å². The average molecular weight is 233 g/mol. The molecule has 0 saturated carbocycles. The SMILES string of the molecule is CCc1c(C#N)nnn1-c1cccc(Cl)c1. The van der Waals surface area contributed by atoms with E-state index >= 15 is 0 Å². The zero-order valence-electron chi connectivity index (χ0n) is 8.68. The number of nitrogens with zero attached hydrogens (tertiary/aromatic N) is 4. The second kappa shape index (κ2) is 4.33. The molecule has 0 amide bonds. The molecule has 1 aromatic heterocycles. The van der Waals surface area contributed by atoms with Gasteiger partial charge in [0, 0.05) is 5.02 Å². The Morgan fingerprint density at radius 2 is 2.31 bits per heavy atom. The van der Waals surface area contributed by atoms with Crippen molar-refractivity contribution in [2.75, 3.05) is 0 Å². The third-order valence-electron chi connectivity index (χ3n) is 2.26. The smallest absolute Gasteiger partial charge is 0.186 e. The zero-order valence-corrected chi connectivity index (χ0v) is 9.44. The van der Waals surface area contributed by atoms with Crippen LogP contribution in [0.1, 0.15) is 18.3 Å². The van der Waals surface area contributed by atoms with Crippen LogP contribution in [0, 0.1) is 11.3 Å². The molecular weight excluding hydrogens is 224 g/mol. The van der Waals surface area contributed by atoms with E-state index < -0.39 is 0 Å². The normalized spacial score (nSPS) is 10.1. The second-order valence-corrected chi connectivity index (χ2v) is 3.68. The minimum Gasteiger partial charge on any atom is -0.216 e. The highest BCUT2D eigenvalue weighted by Gasteiger charge is 2.11. The van der Waals surface area contributed by atoms with Gasteiger partial charge in [-0.1, -0.05) is 29.8 Å². The van der Waals surface area contributed by atoms with E-state index in [1.807, 2.05) is 25.1 Å². The van der Waals surface area contributed by atoms with Gasteiger partial charge in [-0.05, 0) is 24.6 Å². The van der Waals surface area contributed by atoms with Gasteiger partial charge in [0.1, 0.15) is 6.07 Å². The molecule has 0 N–H and O–H groups in total. The summed E-state index contributed by atoms with van der Waals surface area (Å²) in [6.45, 7) is 1.96. The second-order valence-electron chi connectivity index (χ2n) is 3.24. The Bertz CT molecular complexity index is 553. The van der Waals surface area contributed by atoms with Crippen molar-refractivity contribution >= 4 is 11.6 Å². The standard InChI is InChI=1S/C11H9ClN4/c1-2-11-10(7-13)14-15-16(11)9-5-3-4-8(12)6-9/h3-6H,2H2,1H3. The van der Waals surface area contributed by atoms with Crippen molar-refractivity contribution in [3.63, 3.8) is 0 Å². The maximum Gasteiger partial charge on any atom is 0.186 e. The molecule has 0 fully saturated rings. The summed E-state index contributed by atoms with van der Waals surface area (Å²) < 4.78 is 1.64. The van der Waals surface area contributed by atoms with Gasteiger partial charge in [0.05, 0.1) is 11.4 Å². The van der Waals surface area contributed by atoms with E-state index in [2.05, 4.69) is 10.3 Å². The first-order chi connectivity index (χ1) is 7.76. The largest absolute Gasteiger partial charge is 0.216 e. The monoisotopic (exact) mass is 232 g/mol. The molecule has 0 unspecified atom stereocenters. The van der Waals surface area contributed by atoms with Crippen LogP contribution < -0.4 is 0 Å². The lowest BCUT2D eigenvalue weighted by molar-refractivity contribution is 0.767. The van der Waals surface area contributed by atoms with Crippen LogP contribution in [-0.2, 0) is 6.42 Å². The summed E-state index contributed by atoms with van der Waals surface area (Å²) in [5.41, 5.74) is 1.98. The van der Waals surface area contributed by atoms with E-state index in [0.717, 1.165) is 11.4 Å². The van der Waals surface area contributed by atoms with Gasteiger partial charge in [-0.2, -0.15) is 5.26 Å². The summed E-state index contributed by atoms with van der Waals surface area (Å²) in [6.07, 6.45) is 0.697. The first-order valence-corrected chi connectivity index (χ1v) is 5.24. The van der Waals surface area contributed by atoms with Crippen LogP contribution in [0.5, 0.6) is 0 Å². The Morgan fingerprint density at radius 1 is 1.50 bits per heavy atom. The quantitative estimate of drug-likeness (QED) is 0.799. The summed E-state index contributed by atoms with van der Waals surface area (Å²) in [7, 11) is 0. The number of benzene rings is 1. The Hall–Kier alpha value is -1.86. The number of halogens is 1. The predicted molar refractivity (Wildman–Crippen MR) is 60.5 cm³/mol. The number of hydrogen-bond acceptors (Lipinski definition) is 3. The molecule has 0 spiro atoms. The zero-order chi connectivity index (χ0) is 11.5. The average Bonchev–Trinajstić information content (AvgIpc) is 2.71. The van der Waals surface area contributed by atoms with Gasteiger partial charge in [-0.3, -0.25) is 0 Å². The molecule has 0 aliphatic carbocycles. The molecule has 4 nitrogen and oxygen atoms in total. The Morgan fingerprint density at radius 3 is 2.94 bits per heavy atom. The Labute approximate surface area is 98.1 Å². The number of aromatic nitrogens is 3. The van der Waals surface area contributed by atoms with Crippen molar-refractivity contribution in [3.05, 3.63) is 40.7 Å². The number of rotatable bonds is 2. The number of nitriles is 1. The predicted octanol–water partition coefficient (Wildman–Crippen LogP) is 2.35. The minimum absolute atomic E-state index is 0.363. The highest BCUT2D eigenvalue weighted by Crippen LogP contribution is 2.17. The fourth-order valence-electron chi connectivity index (χ4n) is 1.52. The molecular formula is C11H9ClN4. The van der Waals surface area contributed by atoms with Crippen molar-refractivity contribution in [3.8, 4) is 11.8 Å². The highest BCUT2D eigenvalue weighted by molar-refractivity contribution is 6.30. The summed E-state index contributed by atoms with van der Waals surface area (Å²) in [4.78, 5) is 0. The van der Waals surface area contributed by atoms with Crippen molar-refractivity contribution in [1.82, 2.24) is 15.0 Å². The molecule has 0 aliphatic rings.